The molecule has 2 aromatic heterocycles. The van der Waals surface area contributed by atoms with Gasteiger partial charge < -0.3 is 0 Å². The lowest BCUT2D eigenvalue weighted by Gasteiger charge is -1.99. The fourth-order valence-corrected chi connectivity index (χ4v) is 3.22. The van der Waals surface area contributed by atoms with Crippen LogP contribution in [-0.4, -0.2) is 5.78 Å². The molecule has 0 aliphatic carbocycles. The van der Waals surface area contributed by atoms with Gasteiger partial charge in [-0.2, -0.15) is 0 Å². The van der Waals surface area contributed by atoms with Gasteiger partial charge in [0.15, 0.2) is 0 Å². The number of Topliss-reactive ketones (excluding diaryl/α,β-unsaturated/α-hetero) is 1. The maximum Gasteiger partial charge on any atom is 0.133 e. The van der Waals surface area contributed by atoms with Gasteiger partial charge in [0.1, 0.15) is 5.78 Å². The Morgan fingerprint density at radius 2 is 1.59 bits per heavy atom. The van der Waals surface area contributed by atoms with Crippen LogP contribution in [0.25, 0.3) is 0 Å². The van der Waals surface area contributed by atoms with Crippen molar-refractivity contribution >= 4 is 28.5 Å². The van der Waals surface area contributed by atoms with Crippen LogP contribution >= 0.6 is 22.7 Å². The molecule has 17 heavy (non-hydrogen) atoms. The number of ketones is 1. The molecule has 0 saturated heterocycles. The summed E-state index contributed by atoms with van der Waals surface area (Å²) >= 11 is 3.51. The van der Waals surface area contributed by atoms with E-state index in [1.165, 1.54) is 9.75 Å². The third-order valence-electron chi connectivity index (χ3n) is 2.69. The number of hydrogen-bond donors (Lipinski definition) is 0. The molecule has 0 N–H and O–H groups in total. The Balaban J connectivity index is 1.61. The smallest absolute Gasteiger partial charge is 0.133 e. The van der Waals surface area contributed by atoms with Crippen LogP contribution in [0.1, 0.15) is 29.0 Å². The molecule has 0 aliphatic heterocycles. The van der Waals surface area contributed by atoms with Gasteiger partial charge in [0.2, 0.25) is 0 Å². The van der Waals surface area contributed by atoms with Crippen LogP contribution in [-0.2, 0) is 17.6 Å². The standard InChI is InChI=1S/C14H16OS2/c15-12(8-9-14-7-3-11-17-14)4-1-5-13-6-2-10-16-13/h2-3,6-7,10-11H,1,4-5,8-9H2. The largest absolute Gasteiger partial charge is 0.300 e. The minimum absolute atomic E-state index is 0.398. The Morgan fingerprint density at radius 3 is 2.18 bits per heavy atom. The zero-order chi connectivity index (χ0) is 11.9. The van der Waals surface area contributed by atoms with E-state index in [-0.39, 0.29) is 0 Å². The molecule has 0 saturated carbocycles. The summed E-state index contributed by atoms with van der Waals surface area (Å²) in [5.74, 6) is 0.398. The molecule has 0 spiro atoms. The highest BCUT2D eigenvalue weighted by molar-refractivity contribution is 7.10. The maximum absolute atomic E-state index is 11.7. The molecule has 0 atom stereocenters. The first-order chi connectivity index (χ1) is 8.34. The van der Waals surface area contributed by atoms with Crippen molar-refractivity contribution in [2.45, 2.75) is 32.1 Å². The average Bonchev–Trinajstić information content (AvgIpc) is 2.99. The molecule has 0 radical (unpaired) electrons. The highest BCUT2D eigenvalue weighted by atomic mass is 32.1. The van der Waals surface area contributed by atoms with Crippen molar-refractivity contribution in [2.75, 3.05) is 0 Å². The first-order valence-corrected chi connectivity index (χ1v) is 7.67. The number of aryl methyl sites for hydroxylation is 2. The second-order valence-corrected chi connectivity index (χ2v) is 6.12. The molecule has 2 aromatic rings. The summed E-state index contributed by atoms with van der Waals surface area (Å²) in [6.45, 7) is 0. The van der Waals surface area contributed by atoms with E-state index >= 15 is 0 Å². The second-order valence-electron chi connectivity index (χ2n) is 4.05. The molecule has 0 amide bonds. The topological polar surface area (TPSA) is 17.1 Å². The lowest BCUT2D eigenvalue weighted by molar-refractivity contribution is -0.119. The Labute approximate surface area is 110 Å². The first-order valence-electron chi connectivity index (χ1n) is 5.91. The minimum Gasteiger partial charge on any atom is -0.300 e. The van der Waals surface area contributed by atoms with Crippen LogP contribution in [0.4, 0.5) is 0 Å². The van der Waals surface area contributed by atoms with Crippen LogP contribution < -0.4 is 0 Å². The predicted octanol–water partition coefficient (Wildman–Crippen LogP) is 4.33. The highest BCUT2D eigenvalue weighted by Crippen LogP contribution is 2.14. The minimum atomic E-state index is 0.398. The number of carbonyl (C=O) groups is 1. The third-order valence-corrected chi connectivity index (χ3v) is 4.56. The summed E-state index contributed by atoms with van der Waals surface area (Å²) in [5, 5.41) is 4.16. The molecule has 0 aliphatic rings. The molecule has 3 heteroatoms. The molecular formula is C14H16OS2. The number of thiophene rings is 2. The molecule has 90 valence electrons. The SMILES string of the molecule is O=C(CCCc1cccs1)CCc1cccs1. The summed E-state index contributed by atoms with van der Waals surface area (Å²) in [5.41, 5.74) is 0. The van der Waals surface area contributed by atoms with E-state index in [0.29, 0.717) is 12.2 Å². The van der Waals surface area contributed by atoms with Crippen molar-refractivity contribution in [1.82, 2.24) is 0 Å². The van der Waals surface area contributed by atoms with Crippen molar-refractivity contribution in [3.8, 4) is 0 Å². The van der Waals surface area contributed by atoms with E-state index in [1.54, 1.807) is 22.7 Å². The van der Waals surface area contributed by atoms with Gasteiger partial charge >= 0.3 is 0 Å². The van der Waals surface area contributed by atoms with Crippen LogP contribution in [0.5, 0.6) is 0 Å². The van der Waals surface area contributed by atoms with E-state index in [0.717, 1.165) is 25.7 Å². The third kappa shape index (κ3) is 4.44. The average molecular weight is 264 g/mol. The summed E-state index contributed by atoms with van der Waals surface area (Å²) in [6.07, 6.45) is 4.37. The highest BCUT2D eigenvalue weighted by Gasteiger charge is 2.04. The maximum atomic E-state index is 11.7. The monoisotopic (exact) mass is 264 g/mol. The quantitative estimate of drug-likeness (QED) is 0.727. The van der Waals surface area contributed by atoms with Crippen molar-refractivity contribution in [3.63, 3.8) is 0 Å². The Kier molecular flexibility index (Phi) is 4.95. The van der Waals surface area contributed by atoms with Crippen LogP contribution in [0.2, 0.25) is 0 Å². The molecule has 0 bridgehead atoms. The lowest BCUT2D eigenvalue weighted by Crippen LogP contribution is -2.00. The summed E-state index contributed by atoms with van der Waals surface area (Å²) < 4.78 is 0. The van der Waals surface area contributed by atoms with E-state index in [4.69, 9.17) is 0 Å². The van der Waals surface area contributed by atoms with Crippen molar-refractivity contribution < 1.29 is 4.79 Å². The molecule has 0 aromatic carbocycles. The van der Waals surface area contributed by atoms with Gasteiger partial charge in [0.05, 0.1) is 0 Å². The van der Waals surface area contributed by atoms with Crippen LogP contribution in [0, 0.1) is 0 Å². The Morgan fingerprint density at radius 1 is 0.941 bits per heavy atom. The zero-order valence-electron chi connectivity index (χ0n) is 9.72. The molecule has 2 rings (SSSR count). The van der Waals surface area contributed by atoms with Gasteiger partial charge in [0.25, 0.3) is 0 Å². The summed E-state index contributed by atoms with van der Waals surface area (Å²) in [6, 6.07) is 8.35. The molecule has 1 nitrogen and oxygen atoms in total. The number of carbonyl (C=O) groups excluding carboxylic acids is 1. The summed E-state index contributed by atoms with van der Waals surface area (Å²) in [4.78, 5) is 14.4. The first kappa shape index (κ1) is 12.5. The van der Waals surface area contributed by atoms with Crippen molar-refractivity contribution in [3.05, 3.63) is 44.8 Å². The van der Waals surface area contributed by atoms with Crippen LogP contribution in [0.3, 0.4) is 0 Å². The van der Waals surface area contributed by atoms with E-state index in [2.05, 4.69) is 29.0 Å². The zero-order valence-corrected chi connectivity index (χ0v) is 11.4. The van der Waals surface area contributed by atoms with Crippen molar-refractivity contribution in [1.29, 1.82) is 0 Å². The van der Waals surface area contributed by atoms with E-state index < -0.39 is 0 Å². The Hall–Kier alpha value is -0.930. The molecular weight excluding hydrogens is 248 g/mol. The number of rotatable bonds is 7. The van der Waals surface area contributed by atoms with Gasteiger partial charge in [-0.15, -0.1) is 22.7 Å². The fraction of sp³-hybridized carbons (Fsp3) is 0.357. The molecule has 2 heterocycles. The summed E-state index contributed by atoms with van der Waals surface area (Å²) in [7, 11) is 0. The predicted molar refractivity (Wildman–Crippen MR) is 74.9 cm³/mol. The van der Waals surface area contributed by atoms with Gasteiger partial charge in [-0.1, -0.05) is 12.1 Å². The van der Waals surface area contributed by atoms with Gasteiger partial charge in [-0.3, -0.25) is 4.79 Å². The molecule has 0 fully saturated rings. The second kappa shape index (κ2) is 6.72. The molecule has 0 unspecified atom stereocenters. The van der Waals surface area contributed by atoms with Gasteiger partial charge in [-0.05, 0) is 42.2 Å². The fourth-order valence-electron chi connectivity index (χ4n) is 1.76. The Bertz CT molecular complexity index is 429. The van der Waals surface area contributed by atoms with Crippen LogP contribution in [0.15, 0.2) is 35.0 Å². The lowest BCUT2D eigenvalue weighted by atomic mass is 10.1. The number of hydrogen-bond acceptors (Lipinski definition) is 3. The normalized spacial score (nSPS) is 10.6. The van der Waals surface area contributed by atoms with Gasteiger partial charge in [0, 0.05) is 22.6 Å². The van der Waals surface area contributed by atoms with Gasteiger partial charge in [-0.25, -0.2) is 0 Å². The van der Waals surface area contributed by atoms with Crippen molar-refractivity contribution in [2.24, 2.45) is 0 Å². The van der Waals surface area contributed by atoms with E-state index in [9.17, 15) is 4.79 Å². The van der Waals surface area contributed by atoms with E-state index in [1.807, 2.05) is 6.07 Å².